The van der Waals surface area contributed by atoms with E-state index in [0.717, 1.165) is 64.5 Å². The molecular weight excluding hydrogens is 510 g/mol. The second-order valence-electron chi connectivity index (χ2n) is 11.0. The van der Waals surface area contributed by atoms with Crippen LogP contribution in [0, 0.1) is 19.3 Å². The molecule has 39 heavy (non-hydrogen) atoms. The highest BCUT2D eigenvalue weighted by atomic mass is 32.1. The molecule has 1 N–H and O–H groups in total. The van der Waals surface area contributed by atoms with E-state index in [1.807, 2.05) is 56.8 Å². The van der Waals surface area contributed by atoms with E-state index in [0.29, 0.717) is 6.54 Å². The number of hydrogen-bond donors (Lipinski definition) is 1. The van der Waals surface area contributed by atoms with Gasteiger partial charge >= 0.3 is 5.97 Å². The highest BCUT2D eigenvalue weighted by molar-refractivity contribution is 7.12. The van der Waals surface area contributed by atoms with Gasteiger partial charge in [-0.2, -0.15) is 0 Å². The Labute approximate surface area is 233 Å². The Hall–Kier alpha value is -3.30. The number of fused-ring (bicyclic) bond motifs is 2. The first-order valence-electron chi connectivity index (χ1n) is 13.6. The summed E-state index contributed by atoms with van der Waals surface area (Å²) in [6.07, 6.45) is 2.83. The predicted molar refractivity (Wildman–Crippen MR) is 153 cm³/mol. The first kappa shape index (κ1) is 27.3. The molecule has 8 nitrogen and oxygen atoms in total. The zero-order valence-corrected chi connectivity index (χ0v) is 24.4. The van der Waals surface area contributed by atoms with Gasteiger partial charge in [0.2, 0.25) is 0 Å². The van der Waals surface area contributed by atoms with Crippen molar-refractivity contribution in [3.8, 4) is 5.75 Å². The van der Waals surface area contributed by atoms with Crippen LogP contribution >= 0.6 is 11.3 Å². The first-order valence-corrected chi connectivity index (χ1v) is 14.4. The summed E-state index contributed by atoms with van der Waals surface area (Å²) in [5.41, 5.74) is 4.91. The Morgan fingerprint density at radius 1 is 1.26 bits per heavy atom. The Morgan fingerprint density at radius 3 is 2.77 bits per heavy atom. The molecule has 2 atom stereocenters. The van der Waals surface area contributed by atoms with Crippen molar-refractivity contribution in [1.29, 1.82) is 0 Å². The lowest BCUT2D eigenvalue weighted by Crippen LogP contribution is -2.32. The maximum absolute atomic E-state index is 12.6. The van der Waals surface area contributed by atoms with Crippen LogP contribution in [0.3, 0.4) is 0 Å². The second-order valence-corrected chi connectivity index (χ2v) is 12.3. The van der Waals surface area contributed by atoms with Crippen LogP contribution in [-0.4, -0.2) is 48.6 Å². The van der Waals surface area contributed by atoms with Gasteiger partial charge in [-0.3, -0.25) is 14.7 Å². The van der Waals surface area contributed by atoms with Crippen molar-refractivity contribution in [3.63, 3.8) is 0 Å². The monoisotopic (exact) mass is 547 g/mol. The van der Waals surface area contributed by atoms with Crippen LogP contribution in [0.2, 0.25) is 0 Å². The van der Waals surface area contributed by atoms with Crippen molar-refractivity contribution in [2.75, 3.05) is 6.54 Å². The van der Waals surface area contributed by atoms with Gasteiger partial charge in [-0.05, 0) is 82.0 Å². The maximum Gasteiger partial charge on any atom is 0.310 e. The molecule has 5 rings (SSSR count). The fraction of sp³-hybridized carbons (Fsp3) is 0.467. The minimum Gasteiger partial charge on any atom is -0.487 e. The quantitative estimate of drug-likeness (QED) is 0.292. The highest BCUT2D eigenvalue weighted by Gasteiger charge is 2.41. The molecule has 9 heteroatoms. The lowest BCUT2D eigenvalue weighted by atomic mass is 9.72. The third-order valence-electron chi connectivity index (χ3n) is 8.02. The van der Waals surface area contributed by atoms with Crippen LogP contribution in [0.4, 0.5) is 0 Å². The lowest BCUT2D eigenvalue weighted by molar-refractivity contribution is -0.147. The number of carboxylic acid groups (broad SMARTS) is 1. The molecule has 0 aliphatic carbocycles. The molecule has 0 fully saturated rings. The predicted octanol–water partition coefficient (Wildman–Crippen LogP) is 5.94. The Morgan fingerprint density at radius 2 is 2.05 bits per heavy atom. The van der Waals surface area contributed by atoms with Crippen molar-refractivity contribution in [2.24, 2.45) is 5.41 Å². The van der Waals surface area contributed by atoms with Crippen LogP contribution in [0.1, 0.15) is 72.2 Å². The molecule has 206 valence electrons. The molecule has 4 aromatic rings. The summed E-state index contributed by atoms with van der Waals surface area (Å²) in [4.78, 5) is 21.8. The number of carbonyl (C=O) groups is 1. The van der Waals surface area contributed by atoms with E-state index in [-0.39, 0.29) is 12.0 Å². The molecule has 0 radical (unpaired) electrons. The summed E-state index contributed by atoms with van der Waals surface area (Å²) >= 11 is 1.69. The van der Waals surface area contributed by atoms with E-state index in [1.165, 1.54) is 10.4 Å². The van der Waals surface area contributed by atoms with E-state index < -0.39 is 11.4 Å². The summed E-state index contributed by atoms with van der Waals surface area (Å²) in [7, 11) is 0. The van der Waals surface area contributed by atoms with Crippen molar-refractivity contribution < 1.29 is 14.6 Å². The average Bonchev–Trinajstić information content (AvgIpc) is 3.43. The molecule has 2 unspecified atom stereocenters. The third-order valence-corrected chi connectivity index (χ3v) is 9.17. The van der Waals surface area contributed by atoms with E-state index >= 15 is 0 Å². The average molecular weight is 548 g/mol. The number of aliphatic carboxylic acids is 1. The molecule has 0 saturated heterocycles. The normalized spacial score (nSPS) is 17.0. The molecule has 1 aliphatic rings. The summed E-state index contributed by atoms with van der Waals surface area (Å²) in [6, 6.07) is 10.2. The number of nitrogens with zero attached hydrogens (tertiary/aromatic N) is 5. The smallest absolute Gasteiger partial charge is 0.310 e. The molecule has 1 aliphatic heterocycles. The molecule has 0 amide bonds. The Balaban J connectivity index is 1.53. The maximum atomic E-state index is 12.6. The molecule has 0 bridgehead atoms. The van der Waals surface area contributed by atoms with E-state index in [1.54, 1.807) is 11.3 Å². The lowest BCUT2D eigenvalue weighted by Gasteiger charge is -2.31. The van der Waals surface area contributed by atoms with Crippen molar-refractivity contribution in [2.45, 2.75) is 79.6 Å². The number of hydrogen-bond acceptors (Lipinski definition) is 7. The van der Waals surface area contributed by atoms with Crippen molar-refractivity contribution >= 4 is 28.3 Å². The summed E-state index contributed by atoms with van der Waals surface area (Å²) in [5, 5.41) is 19.1. The largest absolute Gasteiger partial charge is 0.487 e. The number of benzene rings is 1. The van der Waals surface area contributed by atoms with Gasteiger partial charge in [-0.1, -0.05) is 18.2 Å². The first-order chi connectivity index (χ1) is 18.6. The minimum atomic E-state index is -1.03. The van der Waals surface area contributed by atoms with Gasteiger partial charge < -0.3 is 9.84 Å². The van der Waals surface area contributed by atoms with Crippen molar-refractivity contribution in [1.82, 2.24) is 24.9 Å². The van der Waals surface area contributed by atoms with Crippen molar-refractivity contribution in [3.05, 3.63) is 68.7 Å². The Kier molecular flexibility index (Phi) is 7.48. The zero-order chi connectivity index (χ0) is 27.9. The fourth-order valence-corrected chi connectivity index (χ4v) is 6.95. The van der Waals surface area contributed by atoms with E-state index in [9.17, 15) is 9.90 Å². The second kappa shape index (κ2) is 10.7. The number of carboxylic acids is 1. The van der Waals surface area contributed by atoms with Gasteiger partial charge in [-0.15, -0.1) is 16.4 Å². The minimum absolute atomic E-state index is 0.0958. The van der Waals surface area contributed by atoms with Crippen LogP contribution in [-0.2, 0) is 24.4 Å². The zero-order valence-electron chi connectivity index (χ0n) is 23.6. The van der Waals surface area contributed by atoms with Gasteiger partial charge in [0.05, 0.1) is 16.6 Å². The SMILES string of the molecule is CCC1CN(Cc2cc(C(c3ccc4c(nnn4CC)c3C)C(C)(C)C(=O)O)sc2C)Cc2ncccc2O1. The third kappa shape index (κ3) is 5.05. The van der Waals surface area contributed by atoms with Crippen LogP contribution < -0.4 is 4.74 Å². The van der Waals surface area contributed by atoms with E-state index in [2.05, 4.69) is 46.2 Å². The number of pyridine rings is 1. The number of ether oxygens (including phenoxy) is 1. The molecule has 3 aromatic heterocycles. The van der Waals surface area contributed by atoms with Crippen LogP contribution in [0.25, 0.3) is 11.0 Å². The van der Waals surface area contributed by atoms with Gasteiger partial charge in [0.1, 0.15) is 17.4 Å². The van der Waals surface area contributed by atoms with Gasteiger partial charge in [0.25, 0.3) is 0 Å². The van der Waals surface area contributed by atoms with E-state index in [4.69, 9.17) is 4.74 Å². The fourth-order valence-electron chi connectivity index (χ4n) is 5.60. The van der Waals surface area contributed by atoms with Gasteiger partial charge in [-0.25, -0.2) is 4.68 Å². The number of aryl methyl sites for hydroxylation is 3. The summed E-state index contributed by atoms with van der Waals surface area (Å²) < 4.78 is 8.13. The molecule has 0 spiro atoms. The highest BCUT2D eigenvalue weighted by Crippen LogP contribution is 2.46. The number of rotatable bonds is 8. The topological polar surface area (TPSA) is 93.4 Å². The molecule has 4 heterocycles. The summed E-state index contributed by atoms with van der Waals surface area (Å²) in [5.74, 6) is -0.291. The summed E-state index contributed by atoms with van der Waals surface area (Å²) in [6.45, 7) is 15.0. The standard InChI is InChI=1S/C30H37N5O3S/c1-7-21-16-34(17-23-25(38-21)10-9-13-31-23)15-20-14-26(39-19(20)4)27(30(5,6)29(36)37)22-11-12-24-28(18(22)3)32-33-35(24)8-2/h9-14,21,27H,7-8,15-17H2,1-6H3,(H,36,37). The molecular formula is C30H37N5O3S. The molecule has 1 aromatic carbocycles. The van der Waals surface area contributed by atoms with Crippen LogP contribution in [0.15, 0.2) is 36.5 Å². The van der Waals surface area contributed by atoms with Gasteiger partial charge in [0.15, 0.2) is 0 Å². The van der Waals surface area contributed by atoms with Gasteiger partial charge in [0, 0.05) is 48.0 Å². The molecule has 0 saturated carbocycles. The Bertz CT molecular complexity index is 1510. The number of aromatic nitrogens is 4. The number of thiophene rings is 1. The van der Waals surface area contributed by atoms with Crippen LogP contribution in [0.5, 0.6) is 5.75 Å².